The van der Waals surface area contributed by atoms with Crippen molar-refractivity contribution in [1.29, 1.82) is 0 Å². The van der Waals surface area contributed by atoms with Gasteiger partial charge in [0.15, 0.2) is 0 Å². The summed E-state index contributed by atoms with van der Waals surface area (Å²) < 4.78 is 1.86. The van der Waals surface area contributed by atoms with Crippen LogP contribution in [0.4, 0.5) is 0 Å². The van der Waals surface area contributed by atoms with Gasteiger partial charge in [-0.05, 0) is 13.8 Å². The van der Waals surface area contributed by atoms with Crippen LogP contribution in [0.3, 0.4) is 0 Å². The van der Waals surface area contributed by atoms with Gasteiger partial charge in [-0.3, -0.25) is 9.48 Å². The largest absolute Gasteiger partial charge is 0.352 e. The van der Waals surface area contributed by atoms with Gasteiger partial charge in [0.1, 0.15) is 0 Å². The lowest BCUT2D eigenvalue weighted by Gasteiger charge is -2.22. The molecule has 2 rings (SSSR count). The van der Waals surface area contributed by atoms with Gasteiger partial charge in [-0.1, -0.05) is 0 Å². The van der Waals surface area contributed by atoms with Crippen molar-refractivity contribution in [2.45, 2.75) is 32.9 Å². The van der Waals surface area contributed by atoms with Crippen molar-refractivity contribution in [1.82, 2.24) is 20.4 Å². The molecule has 2 heterocycles. The normalized spacial score (nSPS) is 19.4. The van der Waals surface area contributed by atoms with Crippen LogP contribution in [0.2, 0.25) is 0 Å². The first kappa shape index (κ1) is 14.4. The van der Waals surface area contributed by atoms with E-state index in [1.807, 2.05) is 37.3 Å². The van der Waals surface area contributed by atoms with E-state index < -0.39 is 0 Å². The van der Waals surface area contributed by atoms with Crippen molar-refractivity contribution in [3.05, 3.63) is 17.0 Å². The van der Waals surface area contributed by atoms with Gasteiger partial charge in [0.25, 0.3) is 0 Å². The Morgan fingerprint density at radius 2 is 2.37 bits per heavy atom. The number of thioether (sulfide) groups is 1. The number of hydrogen-bond donors (Lipinski definition) is 2. The van der Waals surface area contributed by atoms with E-state index in [-0.39, 0.29) is 5.91 Å². The monoisotopic (exact) mass is 282 g/mol. The number of nitrogens with zero attached hydrogens (tertiary/aromatic N) is 2. The van der Waals surface area contributed by atoms with Crippen LogP contribution in [-0.4, -0.2) is 39.8 Å². The second kappa shape index (κ2) is 6.43. The van der Waals surface area contributed by atoms with Crippen molar-refractivity contribution >= 4 is 17.7 Å². The second-order valence-electron chi connectivity index (χ2n) is 4.98. The Balaban J connectivity index is 1.82. The van der Waals surface area contributed by atoms with Gasteiger partial charge in [0.2, 0.25) is 5.91 Å². The lowest BCUT2D eigenvalue weighted by atomic mass is 10.2. The summed E-state index contributed by atoms with van der Waals surface area (Å²) in [5.74, 6) is 2.28. The molecule has 1 fully saturated rings. The molecule has 1 unspecified atom stereocenters. The number of aromatic nitrogens is 2. The highest BCUT2D eigenvalue weighted by atomic mass is 32.2. The van der Waals surface area contributed by atoms with Crippen LogP contribution in [0.5, 0.6) is 0 Å². The molecule has 0 bridgehead atoms. The Bertz CT molecular complexity index is 452. The average Bonchev–Trinajstić information content (AvgIpc) is 2.62. The minimum absolute atomic E-state index is 0.114. The second-order valence-corrected chi connectivity index (χ2v) is 6.13. The molecule has 6 heteroatoms. The third kappa shape index (κ3) is 3.73. The highest BCUT2D eigenvalue weighted by Gasteiger charge is 2.17. The molecule has 2 N–H and O–H groups in total. The Kier molecular flexibility index (Phi) is 4.87. The van der Waals surface area contributed by atoms with Gasteiger partial charge in [0.05, 0.1) is 5.69 Å². The molecule has 1 amide bonds. The fourth-order valence-corrected chi connectivity index (χ4v) is 3.26. The summed E-state index contributed by atoms with van der Waals surface area (Å²) in [5, 5.41) is 10.7. The van der Waals surface area contributed by atoms with Crippen LogP contribution in [0.15, 0.2) is 0 Å². The average molecular weight is 282 g/mol. The van der Waals surface area contributed by atoms with Crippen molar-refractivity contribution in [3.63, 3.8) is 0 Å². The number of carbonyl (C=O) groups excluding carboxylic acids is 1. The molecule has 106 valence electrons. The lowest BCUT2D eigenvalue weighted by Crippen LogP contribution is -2.41. The van der Waals surface area contributed by atoms with Crippen molar-refractivity contribution in [3.8, 4) is 0 Å². The highest BCUT2D eigenvalue weighted by molar-refractivity contribution is 7.99. The molecule has 1 aliphatic rings. The van der Waals surface area contributed by atoms with E-state index in [0.717, 1.165) is 35.0 Å². The van der Waals surface area contributed by atoms with E-state index in [1.54, 1.807) is 0 Å². The fourth-order valence-electron chi connectivity index (χ4n) is 2.31. The Morgan fingerprint density at radius 3 is 2.95 bits per heavy atom. The Hall–Kier alpha value is -1.01. The Morgan fingerprint density at radius 1 is 1.58 bits per heavy atom. The summed E-state index contributed by atoms with van der Waals surface area (Å²) in [4.78, 5) is 11.9. The topological polar surface area (TPSA) is 59.0 Å². The minimum Gasteiger partial charge on any atom is -0.352 e. The summed E-state index contributed by atoms with van der Waals surface area (Å²) >= 11 is 1.91. The van der Waals surface area contributed by atoms with E-state index in [0.29, 0.717) is 19.0 Å². The first-order valence-electron chi connectivity index (χ1n) is 6.65. The van der Waals surface area contributed by atoms with Crippen molar-refractivity contribution in [2.24, 2.45) is 7.05 Å². The number of carbonyl (C=O) groups is 1. The number of rotatable bonds is 4. The molecule has 0 spiro atoms. The molecule has 1 saturated heterocycles. The van der Waals surface area contributed by atoms with Crippen LogP contribution in [0.1, 0.15) is 23.4 Å². The molecular weight excluding hydrogens is 260 g/mol. The number of aryl methyl sites for hydroxylation is 2. The number of hydrogen-bond acceptors (Lipinski definition) is 4. The van der Waals surface area contributed by atoms with Crippen LogP contribution >= 0.6 is 11.8 Å². The molecule has 1 aliphatic heterocycles. The maximum atomic E-state index is 11.9. The summed E-state index contributed by atoms with van der Waals surface area (Å²) in [6.07, 6.45) is 0.561. The summed E-state index contributed by atoms with van der Waals surface area (Å²) in [5.41, 5.74) is 3.23. The van der Waals surface area contributed by atoms with Gasteiger partial charge < -0.3 is 10.6 Å². The van der Waals surface area contributed by atoms with Crippen LogP contribution in [-0.2, 0) is 18.4 Å². The summed E-state index contributed by atoms with van der Waals surface area (Å²) in [7, 11) is 1.93. The molecule has 0 radical (unpaired) electrons. The predicted molar refractivity (Wildman–Crippen MR) is 78.3 cm³/mol. The SMILES string of the molecule is Cc1nn(C)c(C)c1CNC(=O)CC1CSCCN1. The zero-order valence-corrected chi connectivity index (χ0v) is 12.6. The first-order valence-corrected chi connectivity index (χ1v) is 7.80. The van der Waals surface area contributed by atoms with Gasteiger partial charge in [-0.25, -0.2) is 0 Å². The van der Waals surface area contributed by atoms with Gasteiger partial charge >= 0.3 is 0 Å². The number of nitrogens with one attached hydrogen (secondary N) is 2. The maximum absolute atomic E-state index is 11.9. The highest BCUT2D eigenvalue weighted by Crippen LogP contribution is 2.12. The zero-order valence-electron chi connectivity index (χ0n) is 11.8. The maximum Gasteiger partial charge on any atom is 0.221 e. The quantitative estimate of drug-likeness (QED) is 0.855. The van der Waals surface area contributed by atoms with E-state index in [1.165, 1.54) is 0 Å². The molecule has 1 aromatic heterocycles. The molecule has 1 atom stereocenters. The van der Waals surface area contributed by atoms with Crippen molar-refractivity contribution in [2.75, 3.05) is 18.1 Å². The molecule has 0 aliphatic carbocycles. The summed E-state index contributed by atoms with van der Waals surface area (Å²) in [6.45, 7) is 5.59. The molecule has 1 aromatic rings. The molecule has 5 nitrogen and oxygen atoms in total. The molecule has 19 heavy (non-hydrogen) atoms. The van der Waals surface area contributed by atoms with Crippen LogP contribution in [0.25, 0.3) is 0 Å². The van der Waals surface area contributed by atoms with E-state index in [9.17, 15) is 4.79 Å². The standard InChI is InChI=1S/C13H22N4OS/c1-9-12(10(2)17(3)16-9)7-15-13(18)6-11-8-19-5-4-14-11/h11,14H,4-8H2,1-3H3,(H,15,18). The van der Waals surface area contributed by atoms with Crippen LogP contribution < -0.4 is 10.6 Å². The molecular formula is C13H22N4OS. The lowest BCUT2D eigenvalue weighted by molar-refractivity contribution is -0.121. The van der Waals surface area contributed by atoms with E-state index in [2.05, 4.69) is 15.7 Å². The smallest absolute Gasteiger partial charge is 0.221 e. The molecule has 0 aromatic carbocycles. The van der Waals surface area contributed by atoms with Crippen molar-refractivity contribution < 1.29 is 4.79 Å². The van der Waals surface area contributed by atoms with Gasteiger partial charge in [-0.15, -0.1) is 0 Å². The van der Waals surface area contributed by atoms with E-state index >= 15 is 0 Å². The predicted octanol–water partition coefficient (Wildman–Crippen LogP) is 0.748. The zero-order chi connectivity index (χ0) is 13.8. The number of amides is 1. The fraction of sp³-hybridized carbons (Fsp3) is 0.692. The third-order valence-electron chi connectivity index (χ3n) is 3.55. The summed E-state index contributed by atoms with van der Waals surface area (Å²) in [6, 6.07) is 0.315. The Labute approximate surface area is 118 Å². The van der Waals surface area contributed by atoms with Gasteiger partial charge in [0, 0.05) is 55.4 Å². The van der Waals surface area contributed by atoms with E-state index in [4.69, 9.17) is 0 Å². The first-order chi connectivity index (χ1) is 9.08. The van der Waals surface area contributed by atoms with Crippen LogP contribution in [0, 0.1) is 13.8 Å². The molecule has 0 saturated carbocycles. The third-order valence-corrected chi connectivity index (χ3v) is 4.68. The van der Waals surface area contributed by atoms with Gasteiger partial charge in [-0.2, -0.15) is 16.9 Å². The minimum atomic E-state index is 0.114.